The number of fused-ring (bicyclic) bond motifs is 7. The van der Waals surface area contributed by atoms with Gasteiger partial charge in [-0.25, -0.2) is 0 Å². The number of hydrogen-bond acceptors (Lipinski definition) is 21. The Morgan fingerprint density at radius 3 is 1.89 bits per heavy atom. The lowest BCUT2D eigenvalue weighted by atomic mass is 9.47. The maximum Gasteiger partial charge on any atom is 0.187 e. The van der Waals surface area contributed by atoms with Crippen LogP contribution in [0.4, 0.5) is 0 Å². The standard InChI is InChI=1S/C51H82O21/c1-20-9-14-51(63-19-20)21(2)32-29(72-51)16-28-26-8-7-24-15-25(10-12-49(24,5)27(26)11-13-50(28,32)6)66-48-44(71-45-38(59)35(56)33(54)22(3)64-45)41(62)43(31(18-53)68-48)70-46-40(61)37(58)42(23(4)65-46)69-47-39(60)36(57)34(55)30(17-52)67-47/h7,20-23,25-48,52-62H,8-19H2,1-6H3/t20?,21-,22-,23-,25-,26+,27-,28-,29-,30+,31+,32-,33-,34+,35+,36-,37-,38+,39+,40+,41-,42-,43+,44+,45+,46+,47-,48+,49-,50-,51+/m0/s1. The molecule has 6 aliphatic heterocycles. The minimum absolute atomic E-state index is 0.0674. The molecule has 1 unspecified atom stereocenters. The Hall–Kier alpha value is -1.10. The van der Waals surface area contributed by atoms with Gasteiger partial charge in [0.2, 0.25) is 0 Å². The minimum Gasteiger partial charge on any atom is -0.394 e. The Labute approximate surface area is 420 Å². The number of aliphatic hydroxyl groups is 11. The molecular formula is C51H82O21. The lowest BCUT2D eigenvalue weighted by molar-refractivity contribution is -0.394. The second kappa shape index (κ2) is 20.6. The lowest BCUT2D eigenvalue weighted by Crippen LogP contribution is -2.67. The summed E-state index contributed by atoms with van der Waals surface area (Å²) >= 11 is 0. The molecule has 412 valence electrons. The summed E-state index contributed by atoms with van der Waals surface area (Å²) in [6.07, 6.45) is -20.6. The van der Waals surface area contributed by atoms with Gasteiger partial charge in [0, 0.05) is 12.3 Å². The fourth-order valence-electron chi connectivity index (χ4n) is 15.5. The number of rotatable bonds is 10. The highest BCUT2D eigenvalue weighted by atomic mass is 16.8. The summed E-state index contributed by atoms with van der Waals surface area (Å²) in [5.41, 5.74) is 1.41. The third-order valence-electron chi connectivity index (χ3n) is 19.8. The van der Waals surface area contributed by atoms with Gasteiger partial charge < -0.3 is 104 Å². The molecule has 6 heterocycles. The Morgan fingerprint density at radius 1 is 0.583 bits per heavy atom. The van der Waals surface area contributed by atoms with Crippen LogP contribution in [0.1, 0.15) is 99.3 Å². The van der Waals surface area contributed by atoms with Gasteiger partial charge in [-0.1, -0.05) is 39.3 Å². The molecule has 1 spiro atoms. The average Bonchev–Trinajstić information content (AvgIpc) is 3.81. The maximum absolute atomic E-state index is 12.3. The van der Waals surface area contributed by atoms with Crippen molar-refractivity contribution >= 4 is 0 Å². The van der Waals surface area contributed by atoms with Gasteiger partial charge in [-0.15, -0.1) is 0 Å². The third kappa shape index (κ3) is 9.09. The third-order valence-corrected chi connectivity index (χ3v) is 19.8. The second-order valence-electron chi connectivity index (χ2n) is 23.9. The van der Waals surface area contributed by atoms with Crippen molar-refractivity contribution in [3.05, 3.63) is 11.6 Å². The van der Waals surface area contributed by atoms with Crippen molar-refractivity contribution in [1.82, 2.24) is 0 Å². The van der Waals surface area contributed by atoms with E-state index < -0.39 is 148 Å². The lowest BCUT2D eigenvalue weighted by Gasteiger charge is -2.59. The molecule has 0 bridgehead atoms. The first-order valence-electron chi connectivity index (χ1n) is 26.7. The van der Waals surface area contributed by atoms with E-state index in [1.807, 2.05) is 0 Å². The van der Waals surface area contributed by atoms with E-state index in [9.17, 15) is 56.2 Å². The van der Waals surface area contributed by atoms with Crippen LogP contribution in [0.25, 0.3) is 0 Å². The van der Waals surface area contributed by atoms with Gasteiger partial charge in [-0.3, -0.25) is 0 Å². The molecule has 72 heavy (non-hydrogen) atoms. The van der Waals surface area contributed by atoms with Crippen molar-refractivity contribution in [2.24, 2.45) is 46.3 Å². The molecule has 21 nitrogen and oxygen atoms in total. The topological polar surface area (TPSA) is 315 Å². The zero-order chi connectivity index (χ0) is 51.5. The summed E-state index contributed by atoms with van der Waals surface area (Å²) < 4.78 is 62.0. The van der Waals surface area contributed by atoms with E-state index >= 15 is 0 Å². The van der Waals surface area contributed by atoms with Gasteiger partial charge in [0.15, 0.2) is 30.9 Å². The average molecular weight is 1030 g/mol. The predicted octanol–water partition coefficient (Wildman–Crippen LogP) is -0.934. The Morgan fingerprint density at radius 2 is 1.21 bits per heavy atom. The van der Waals surface area contributed by atoms with Gasteiger partial charge in [-0.2, -0.15) is 0 Å². The van der Waals surface area contributed by atoms with Crippen molar-refractivity contribution in [3.8, 4) is 0 Å². The zero-order valence-electron chi connectivity index (χ0n) is 42.2. The van der Waals surface area contributed by atoms with Crippen LogP contribution < -0.4 is 0 Å². The molecule has 0 amide bonds. The molecule has 10 rings (SSSR count). The summed E-state index contributed by atoms with van der Waals surface area (Å²) in [5, 5.41) is 119. The van der Waals surface area contributed by atoms with E-state index in [4.69, 9.17) is 47.4 Å². The van der Waals surface area contributed by atoms with Crippen LogP contribution in [-0.4, -0.2) is 217 Å². The molecule has 10 aliphatic rings. The van der Waals surface area contributed by atoms with Gasteiger partial charge in [0.05, 0.1) is 44.2 Å². The van der Waals surface area contributed by atoms with Crippen molar-refractivity contribution in [2.45, 2.75) is 240 Å². The molecule has 21 heteroatoms. The van der Waals surface area contributed by atoms with Gasteiger partial charge in [0.25, 0.3) is 0 Å². The van der Waals surface area contributed by atoms with Crippen LogP contribution >= 0.6 is 0 Å². The monoisotopic (exact) mass is 1030 g/mol. The highest BCUT2D eigenvalue weighted by Crippen LogP contribution is 2.71. The van der Waals surface area contributed by atoms with Crippen molar-refractivity contribution < 1.29 is 104 Å². The number of allylic oxidation sites excluding steroid dienone is 1. The first kappa shape index (κ1) is 54.3. The largest absolute Gasteiger partial charge is 0.394 e. The fourth-order valence-corrected chi connectivity index (χ4v) is 15.5. The Bertz CT molecular complexity index is 1900. The Kier molecular flexibility index (Phi) is 15.5. The second-order valence-corrected chi connectivity index (χ2v) is 23.9. The molecule has 3 saturated carbocycles. The van der Waals surface area contributed by atoms with Crippen LogP contribution in [0.5, 0.6) is 0 Å². The first-order valence-corrected chi connectivity index (χ1v) is 26.7. The quantitative estimate of drug-likeness (QED) is 0.118. The summed E-state index contributed by atoms with van der Waals surface area (Å²) in [4.78, 5) is 0. The van der Waals surface area contributed by atoms with E-state index in [0.29, 0.717) is 48.3 Å². The molecule has 9 fully saturated rings. The van der Waals surface area contributed by atoms with Crippen LogP contribution in [0.2, 0.25) is 0 Å². The summed E-state index contributed by atoms with van der Waals surface area (Å²) in [6.45, 7) is 11.8. The summed E-state index contributed by atoms with van der Waals surface area (Å²) in [7, 11) is 0. The highest BCUT2D eigenvalue weighted by molar-refractivity contribution is 5.26. The van der Waals surface area contributed by atoms with E-state index in [1.54, 1.807) is 0 Å². The first-order chi connectivity index (χ1) is 34.1. The van der Waals surface area contributed by atoms with Crippen LogP contribution in [0.15, 0.2) is 11.6 Å². The zero-order valence-corrected chi connectivity index (χ0v) is 42.2. The van der Waals surface area contributed by atoms with E-state index in [0.717, 1.165) is 51.6 Å². The number of aliphatic hydroxyl groups excluding tert-OH is 11. The Balaban J connectivity index is 0.835. The van der Waals surface area contributed by atoms with E-state index in [2.05, 4.69) is 33.8 Å². The van der Waals surface area contributed by atoms with Gasteiger partial charge in [0.1, 0.15) is 85.5 Å². The predicted molar refractivity (Wildman–Crippen MR) is 245 cm³/mol. The van der Waals surface area contributed by atoms with Gasteiger partial charge in [-0.05, 0) is 106 Å². The normalized spacial score (nSPS) is 57.8. The molecule has 4 aliphatic carbocycles. The molecule has 0 aromatic heterocycles. The molecule has 11 N–H and O–H groups in total. The summed E-state index contributed by atoms with van der Waals surface area (Å²) in [6, 6.07) is 0. The molecule has 31 atom stereocenters. The van der Waals surface area contributed by atoms with Gasteiger partial charge >= 0.3 is 0 Å². The van der Waals surface area contributed by atoms with Crippen LogP contribution in [0.3, 0.4) is 0 Å². The number of ether oxygens (including phenoxy) is 10. The van der Waals surface area contributed by atoms with Crippen LogP contribution in [-0.2, 0) is 47.4 Å². The maximum atomic E-state index is 12.3. The molecule has 0 radical (unpaired) electrons. The fraction of sp³-hybridized carbons (Fsp3) is 0.961. The van der Waals surface area contributed by atoms with Crippen LogP contribution in [0, 0.1) is 46.3 Å². The SMILES string of the molecule is CC1CC[C@@]2(OC1)O[C@H]1C[C@H]3[C@@H]4CC=C5C[C@@H](O[C@@H]6O[C@H](CO)[C@@H](O[C@H]7O[C@@H](C)[C@H](O[C@@H]8O[C@H](CO)[C@@H](O)[C@H](O)[C@H]8O)[C@@H](O)[C@H]7O)[C@H](O)[C@H]6O[C@H]6O[C@@H](C)[C@H](O)[C@@H](O)[C@H]6O)CC[C@]5(C)[C@H]4CC[C@]3(C)[C@H]1[C@@H]2C. The van der Waals surface area contributed by atoms with Crippen molar-refractivity contribution in [2.75, 3.05) is 19.8 Å². The highest BCUT2D eigenvalue weighted by Gasteiger charge is 2.69. The minimum atomic E-state index is -1.90. The number of hydrogen-bond donors (Lipinski definition) is 11. The van der Waals surface area contributed by atoms with Crippen molar-refractivity contribution in [1.29, 1.82) is 0 Å². The van der Waals surface area contributed by atoms with Crippen molar-refractivity contribution in [3.63, 3.8) is 0 Å². The molecule has 6 saturated heterocycles. The molecule has 0 aromatic carbocycles. The molecular weight excluding hydrogens is 949 g/mol. The summed E-state index contributed by atoms with van der Waals surface area (Å²) in [5.74, 6) is 2.42. The van der Waals surface area contributed by atoms with E-state index in [1.165, 1.54) is 19.4 Å². The smallest absolute Gasteiger partial charge is 0.187 e. The van der Waals surface area contributed by atoms with E-state index in [-0.39, 0.29) is 16.9 Å². The molecule has 0 aromatic rings.